The van der Waals surface area contributed by atoms with Gasteiger partial charge in [-0.3, -0.25) is 24.6 Å². The normalized spacial score (nSPS) is 15.0. The Kier molecular flexibility index (Phi) is 5.72. The molecule has 1 fully saturated rings. The van der Waals surface area contributed by atoms with Crippen LogP contribution < -0.4 is 10.2 Å². The monoisotopic (exact) mass is 460 g/mol. The fraction of sp³-hybridized carbons (Fsp3) is 0.0417. The Morgan fingerprint density at radius 2 is 1.76 bits per heavy atom. The van der Waals surface area contributed by atoms with Crippen LogP contribution in [-0.2, 0) is 9.59 Å². The number of nitrogens with zero attached hydrogens (tertiary/aromatic N) is 1. The van der Waals surface area contributed by atoms with Crippen LogP contribution in [0.25, 0.3) is 17.4 Å². The third-order valence-electron chi connectivity index (χ3n) is 4.92. The summed E-state index contributed by atoms with van der Waals surface area (Å²) in [6.07, 6.45) is 1.28. The summed E-state index contributed by atoms with van der Waals surface area (Å²) >= 11 is 5.14. The molecule has 0 aliphatic carbocycles. The Bertz CT molecular complexity index is 1370. The molecule has 2 heterocycles. The zero-order valence-corrected chi connectivity index (χ0v) is 18.0. The van der Waals surface area contributed by atoms with Crippen molar-refractivity contribution in [3.63, 3.8) is 0 Å². The van der Waals surface area contributed by atoms with Crippen LogP contribution >= 0.6 is 12.2 Å². The number of thiocarbonyl (C=S) groups is 1. The number of rotatable bonds is 5. The third-order valence-corrected chi connectivity index (χ3v) is 5.20. The minimum Gasteiger partial charge on any atom is -0.478 e. The van der Waals surface area contributed by atoms with Crippen molar-refractivity contribution in [2.45, 2.75) is 6.92 Å². The average Bonchev–Trinajstić information content (AvgIpc) is 3.25. The second-order valence-corrected chi connectivity index (χ2v) is 7.54. The molecule has 0 spiro atoms. The summed E-state index contributed by atoms with van der Waals surface area (Å²) in [6.45, 7) is 1.47. The SMILES string of the molecule is CC(=O)c1cccc(-c2ccc(C=C3C(=O)NC(=S)N(c4cccc(C(=O)O)c4)C3=O)o2)c1. The van der Waals surface area contributed by atoms with Gasteiger partial charge < -0.3 is 9.52 Å². The van der Waals surface area contributed by atoms with Crippen molar-refractivity contribution < 1.29 is 28.7 Å². The van der Waals surface area contributed by atoms with Gasteiger partial charge >= 0.3 is 5.97 Å². The van der Waals surface area contributed by atoms with Gasteiger partial charge in [-0.1, -0.05) is 24.3 Å². The fourth-order valence-corrected chi connectivity index (χ4v) is 3.57. The molecule has 1 aliphatic heterocycles. The zero-order valence-electron chi connectivity index (χ0n) is 17.2. The van der Waals surface area contributed by atoms with Crippen LogP contribution in [-0.4, -0.2) is 33.8 Å². The second kappa shape index (κ2) is 8.64. The molecule has 0 unspecified atom stereocenters. The molecule has 0 atom stereocenters. The molecule has 2 aromatic carbocycles. The van der Waals surface area contributed by atoms with E-state index in [1.807, 2.05) is 0 Å². The van der Waals surface area contributed by atoms with Crippen molar-refractivity contribution in [2.24, 2.45) is 0 Å². The molecule has 2 amide bonds. The van der Waals surface area contributed by atoms with Crippen molar-refractivity contribution in [3.05, 3.63) is 83.1 Å². The number of carboxylic acids is 1. The number of ketones is 1. The first-order valence-electron chi connectivity index (χ1n) is 9.70. The summed E-state index contributed by atoms with van der Waals surface area (Å²) in [7, 11) is 0. The molecule has 0 saturated carbocycles. The number of carbonyl (C=O) groups is 4. The Hall–Kier alpha value is -4.37. The van der Waals surface area contributed by atoms with Gasteiger partial charge in [0.25, 0.3) is 11.8 Å². The zero-order chi connectivity index (χ0) is 23.7. The number of carbonyl (C=O) groups excluding carboxylic acids is 3. The van der Waals surface area contributed by atoms with Crippen LogP contribution in [0.4, 0.5) is 5.69 Å². The molecule has 4 rings (SSSR count). The molecule has 2 N–H and O–H groups in total. The lowest BCUT2D eigenvalue weighted by Crippen LogP contribution is -2.54. The minimum absolute atomic E-state index is 0.0333. The van der Waals surface area contributed by atoms with E-state index in [1.165, 1.54) is 37.3 Å². The number of furan rings is 1. The van der Waals surface area contributed by atoms with Gasteiger partial charge in [0.2, 0.25) is 0 Å². The molecule has 3 aromatic rings. The van der Waals surface area contributed by atoms with E-state index in [9.17, 15) is 24.3 Å². The summed E-state index contributed by atoms with van der Waals surface area (Å²) in [5, 5.41) is 11.5. The van der Waals surface area contributed by atoms with Crippen molar-refractivity contribution in [3.8, 4) is 11.3 Å². The third kappa shape index (κ3) is 4.35. The van der Waals surface area contributed by atoms with Crippen LogP contribution in [0.3, 0.4) is 0 Å². The molecular formula is C24H16N2O6S. The Morgan fingerprint density at radius 3 is 2.48 bits per heavy atom. The number of carboxylic acid groups (broad SMARTS) is 1. The Balaban J connectivity index is 1.67. The standard InChI is InChI=1S/C24H16N2O6S/c1-13(27)14-4-2-5-15(10-14)20-9-8-18(32-20)12-19-21(28)25-24(33)26(22(19)29)17-7-3-6-16(11-17)23(30)31/h2-12H,1H3,(H,30,31)(H,25,28,33). The molecule has 164 valence electrons. The predicted octanol–water partition coefficient (Wildman–Crippen LogP) is 3.68. The van der Waals surface area contributed by atoms with Crippen LogP contribution in [0.1, 0.15) is 33.4 Å². The molecule has 8 nitrogen and oxygen atoms in total. The van der Waals surface area contributed by atoms with Gasteiger partial charge in [0, 0.05) is 11.1 Å². The highest BCUT2D eigenvalue weighted by Crippen LogP contribution is 2.27. The van der Waals surface area contributed by atoms with E-state index in [0.717, 1.165) is 4.90 Å². The van der Waals surface area contributed by atoms with E-state index in [0.29, 0.717) is 16.9 Å². The number of benzene rings is 2. The van der Waals surface area contributed by atoms with Crippen LogP contribution in [0.2, 0.25) is 0 Å². The highest BCUT2D eigenvalue weighted by Gasteiger charge is 2.35. The number of anilines is 1. The van der Waals surface area contributed by atoms with E-state index in [2.05, 4.69) is 5.32 Å². The van der Waals surface area contributed by atoms with Gasteiger partial charge in [0.1, 0.15) is 17.1 Å². The summed E-state index contributed by atoms with van der Waals surface area (Å²) < 4.78 is 5.77. The van der Waals surface area contributed by atoms with E-state index in [4.69, 9.17) is 16.6 Å². The smallest absolute Gasteiger partial charge is 0.335 e. The molecular weight excluding hydrogens is 444 g/mol. The maximum absolute atomic E-state index is 13.1. The first-order valence-corrected chi connectivity index (χ1v) is 10.1. The maximum atomic E-state index is 13.1. The molecule has 0 radical (unpaired) electrons. The maximum Gasteiger partial charge on any atom is 0.335 e. The van der Waals surface area contributed by atoms with Crippen molar-refractivity contribution in [2.75, 3.05) is 4.90 Å². The van der Waals surface area contributed by atoms with Crippen molar-refractivity contribution in [1.29, 1.82) is 0 Å². The number of nitrogens with one attached hydrogen (secondary N) is 1. The van der Waals surface area contributed by atoms with Crippen molar-refractivity contribution >= 4 is 52.7 Å². The Labute approximate surface area is 193 Å². The first kappa shape index (κ1) is 21.8. The lowest BCUT2D eigenvalue weighted by atomic mass is 10.1. The second-order valence-electron chi connectivity index (χ2n) is 7.15. The molecule has 1 aliphatic rings. The van der Waals surface area contributed by atoms with Gasteiger partial charge in [-0.05, 0) is 61.6 Å². The van der Waals surface area contributed by atoms with E-state index in [-0.39, 0.29) is 33.5 Å². The van der Waals surface area contributed by atoms with Crippen LogP contribution in [0.15, 0.2) is 70.7 Å². The van der Waals surface area contributed by atoms with Crippen LogP contribution in [0.5, 0.6) is 0 Å². The Morgan fingerprint density at radius 1 is 1.03 bits per heavy atom. The predicted molar refractivity (Wildman–Crippen MR) is 124 cm³/mol. The summed E-state index contributed by atoms with van der Waals surface area (Å²) in [5.41, 5.74) is 1.13. The lowest BCUT2D eigenvalue weighted by molar-refractivity contribution is -0.122. The molecule has 0 bridgehead atoms. The molecule has 9 heteroatoms. The highest BCUT2D eigenvalue weighted by molar-refractivity contribution is 7.80. The number of Topliss-reactive ketones (excluding diaryl/α,β-unsaturated/α-hetero) is 1. The average molecular weight is 460 g/mol. The number of amides is 2. The van der Waals surface area contributed by atoms with Gasteiger partial charge in [0.15, 0.2) is 10.9 Å². The van der Waals surface area contributed by atoms with E-state index in [1.54, 1.807) is 36.4 Å². The summed E-state index contributed by atoms with van der Waals surface area (Å²) in [4.78, 5) is 49.6. The van der Waals surface area contributed by atoms with Gasteiger partial charge in [-0.15, -0.1) is 0 Å². The topological polar surface area (TPSA) is 117 Å². The number of aromatic carboxylic acids is 1. The largest absolute Gasteiger partial charge is 0.478 e. The van der Waals surface area contributed by atoms with Gasteiger partial charge in [-0.2, -0.15) is 0 Å². The number of hydrogen-bond acceptors (Lipinski definition) is 6. The van der Waals surface area contributed by atoms with Crippen LogP contribution in [0, 0.1) is 0 Å². The molecule has 1 aromatic heterocycles. The van der Waals surface area contributed by atoms with E-state index >= 15 is 0 Å². The van der Waals surface area contributed by atoms with E-state index < -0.39 is 17.8 Å². The van der Waals surface area contributed by atoms with Crippen molar-refractivity contribution in [1.82, 2.24) is 5.32 Å². The lowest BCUT2D eigenvalue weighted by Gasteiger charge is -2.28. The molecule has 33 heavy (non-hydrogen) atoms. The first-order chi connectivity index (χ1) is 15.7. The van der Waals surface area contributed by atoms with Gasteiger partial charge in [-0.25, -0.2) is 4.79 Å². The minimum atomic E-state index is -1.16. The van der Waals surface area contributed by atoms with Gasteiger partial charge in [0.05, 0.1) is 11.3 Å². The molecule has 1 saturated heterocycles. The summed E-state index contributed by atoms with van der Waals surface area (Å²) in [5.74, 6) is -1.98. The summed E-state index contributed by atoms with van der Waals surface area (Å²) in [6, 6.07) is 15.8. The quantitative estimate of drug-likeness (QED) is 0.258. The highest BCUT2D eigenvalue weighted by atomic mass is 32.1. The fourth-order valence-electron chi connectivity index (χ4n) is 3.29. The number of hydrogen-bond donors (Lipinski definition) is 2.